The zero-order valence-corrected chi connectivity index (χ0v) is 18.7. The first-order valence-corrected chi connectivity index (χ1v) is 10.7. The molecule has 0 aliphatic carbocycles. The van der Waals surface area contributed by atoms with Gasteiger partial charge in [0, 0.05) is 20.9 Å². The highest BCUT2D eigenvalue weighted by Gasteiger charge is 2.52. The van der Waals surface area contributed by atoms with Crippen molar-refractivity contribution in [3.8, 4) is 5.69 Å². The maximum absolute atomic E-state index is 6.42. The van der Waals surface area contributed by atoms with E-state index in [0.29, 0.717) is 0 Å². The number of rotatable bonds is 2. The summed E-state index contributed by atoms with van der Waals surface area (Å²) in [5, 5.41) is 2.34. The smallest absolute Gasteiger partial charge is 0.399 e. The molecule has 5 rings (SSSR count). The summed E-state index contributed by atoms with van der Waals surface area (Å²) in [5.74, 6) is 0. The van der Waals surface area contributed by atoms with Gasteiger partial charge in [-0.05, 0) is 63.5 Å². The number of benzene rings is 3. The van der Waals surface area contributed by atoms with Crippen LogP contribution in [0, 0.1) is 0 Å². The third-order valence-corrected chi connectivity index (χ3v) is 6.98. The number of aromatic nitrogens is 1. The fourth-order valence-corrected chi connectivity index (χ4v) is 4.67. The maximum atomic E-state index is 6.42. The van der Waals surface area contributed by atoms with Crippen molar-refractivity contribution in [2.45, 2.75) is 38.9 Å². The first-order valence-electron chi connectivity index (χ1n) is 9.93. The molecule has 29 heavy (non-hydrogen) atoms. The monoisotopic (exact) mass is 447 g/mol. The van der Waals surface area contributed by atoms with Crippen molar-refractivity contribution in [2.24, 2.45) is 0 Å². The zero-order valence-electron chi connectivity index (χ0n) is 17.1. The summed E-state index contributed by atoms with van der Waals surface area (Å²) in [6, 6.07) is 23.2. The molecule has 2 heterocycles. The van der Waals surface area contributed by atoms with Crippen LogP contribution in [0.25, 0.3) is 27.5 Å². The van der Waals surface area contributed by atoms with Crippen LogP contribution in [0.2, 0.25) is 0 Å². The second kappa shape index (κ2) is 6.46. The summed E-state index contributed by atoms with van der Waals surface area (Å²) < 4.78 is 16.2. The van der Waals surface area contributed by atoms with Gasteiger partial charge in [0.1, 0.15) is 0 Å². The molecule has 0 bridgehead atoms. The van der Waals surface area contributed by atoms with Gasteiger partial charge in [0.2, 0.25) is 0 Å². The van der Waals surface area contributed by atoms with Gasteiger partial charge in [0.25, 0.3) is 0 Å². The van der Waals surface area contributed by atoms with Gasteiger partial charge in [-0.2, -0.15) is 0 Å². The minimum absolute atomic E-state index is 0.380. The van der Waals surface area contributed by atoms with Crippen molar-refractivity contribution in [1.82, 2.24) is 4.57 Å². The van der Waals surface area contributed by atoms with E-state index in [1.807, 2.05) is 6.07 Å². The normalized spacial score (nSPS) is 18.0. The Balaban J connectivity index is 1.85. The van der Waals surface area contributed by atoms with E-state index in [1.165, 1.54) is 5.39 Å². The molecule has 4 aromatic rings. The molecule has 0 spiro atoms. The average Bonchev–Trinajstić information content (AvgIpc) is 3.13. The van der Waals surface area contributed by atoms with E-state index in [-0.39, 0.29) is 11.2 Å². The van der Waals surface area contributed by atoms with Crippen molar-refractivity contribution in [1.29, 1.82) is 0 Å². The van der Waals surface area contributed by atoms with Crippen molar-refractivity contribution >= 4 is 50.3 Å². The topological polar surface area (TPSA) is 23.4 Å². The van der Waals surface area contributed by atoms with Gasteiger partial charge in [0.15, 0.2) is 0 Å². The summed E-state index contributed by atoms with van der Waals surface area (Å²) in [6.07, 6.45) is 0. The summed E-state index contributed by atoms with van der Waals surface area (Å²) in [6.45, 7) is 8.37. The molecule has 146 valence electrons. The first-order chi connectivity index (χ1) is 13.8. The molecule has 0 saturated carbocycles. The largest absolute Gasteiger partial charge is 0.495 e. The van der Waals surface area contributed by atoms with Crippen molar-refractivity contribution in [3.05, 3.63) is 71.2 Å². The molecule has 1 aliphatic rings. The molecule has 0 N–H and O–H groups in total. The van der Waals surface area contributed by atoms with E-state index in [9.17, 15) is 0 Å². The lowest BCUT2D eigenvalue weighted by atomic mass is 9.76. The number of fused-ring (bicyclic) bond motifs is 3. The Morgan fingerprint density at radius 3 is 1.97 bits per heavy atom. The Hall–Kier alpha value is -2.08. The predicted octanol–water partition coefficient (Wildman–Crippen LogP) is 5.85. The molecule has 3 nitrogen and oxygen atoms in total. The van der Waals surface area contributed by atoms with Gasteiger partial charge in [-0.3, -0.25) is 0 Å². The van der Waals surface area contributed by atoms with E-state index < -0.39 is 7.12 Å². The highest BCUT2D eigenvalue weighted by molar-refractivity contribution is 9.10. The van der Waals surface area contributed by atoms with Gasteiger partial charge in [0.05, 0.1) is 22.2 Å². The number of hydrogen-bond donors (Lipinski definition) is 0. The fraction of sp³-hybridized carbons (Fsp3) is 0.250. The van der Waals surface area contributed by atoms with Crippen LogP contribution in [0.15, 0.2) is 71.2 Å². The van der Waals surface area contributed by atoms with E-state index in [1.54, 1.807) is 0 Å². The van der Waals surface area contributed by atoms with Crippen molar-refractivity contribution in [3.63, 3.8) is 0 Å². The second-order valence-electron chi connectivity index (χ2n) is 8.63. The molecule has 1 aliphatic heterocycles. The molecular weight excluding hydrogens is 425 g/mol. The van der Waals surface area contributed by atoms with Crippen molar-refractivity contribution in [2.75, 3.05) is 0 Å². The molecule has 3 aromatic carbocycles. The third-order valence-electron chi connectivity index (χ3n) is 6.32. The first kappa shape index (κ1) is 18.9. The van der Waals surface area contributed by atoms with Crippen LogP contribution < -0.4 is 5.46 Å². The minimum Gasteiger partial charge on any atom is -0.399 e. The standard InChI is InChI=1S/C24H23BBrNO2/c1-23(2)24(3,4)29-25(28-23)17-12-8-14-19-21(17)22-18(26)13-9-15-20(22)27(19)16-10-6-5-7-11-16/h5-15H,1-4H3. The molecule has 1 aromatic heterocycles. The number of halogens is 1. The third kappa shape index (κ3) is 2.79. The Morgan fingerprint density at radius 2 is 1.31 bits per heavy atom. The van der Waals surface area contributed by atoms with Gasteiger partial charge < -0.3 is 13.9 Å². The quantitative estimate of drug-likeness (QED) is 0.360. The lowest BCUT2D eigenvalue weighted by molar-refractivity contribution is 0.00578. The van der Waals surface area contributed by atoms with E-state index in [0.717, 1.165) is 32.0 Å². The van der Waals surface area contributed by atoms with Crippen LogP contribution in [-0.2, 0) is 9.31 Å². The highest BCUT2D eigenvalue weighted by atomic mass is 79.9. The molecular formula is C24H23BBrNO2. The summed E-state index contributed by atoms with van der Waals surface area (Å²) in [7, 11) is -0.411. The van der Waals surface area contributed by atoms with Crippen LogP contribution in [-0.4, -0.2) is 22.9 Å². The fourth-order valence-electron chi connectivity index (χ4n) is 4.11. The van der Waals surface area contributed by atoms with Gasteiger partial charge in [-0.15, -0.1) is 0 Å². The average molecular weight is 448 g/mol. The van der Waals surface area contributed by atoms with Crippen LogP contribution in [0.3, 0.4) is 0 Å². The molecule has 0 atom stereocenters. The SMILES string of the molecule is CC1(C)OB(c2cccc3c2c2c(Br)cccc2n3-c2ccccc2)OC1(C)C. The van der Waals surface area contributed by atoms with E-state index in [2.05, 4.69) is 109 Å². The Morgan fingerprint density at radius 1 is 0.724 bits per heavy atom. The number of nitrogens with zero attached hydrogens (tertiary/aromatic N) is 1. The van der Waals surface area contributed by atoms with Gasteiger partial charge in [-0.1, -0.05) is 52.3 Å². The second-order valence-corrected chi connectivity index (χ2v) is 9.49. The molecule has 1 fully saturated rings. The lowest BCUT2D eigenvalue weighted by Gasteiger charge is -2.32. The number of para-hydroxylation sites is 1. The predicted molar refractivity (Wildman–Crippen MR) is 124 cm³/mol. The maximum Gasteiger partial charge on any atom is 0.495 e. The number of hydrogen-bond acceptors (Lipinski definition) is 2. The van der Waals surface area contributed by atoms with Crippen LogP contribution in [0.1, 0.15) is 27.7 Å². The van der Waals surface area contributed by atoms with Crippen LogP contribution >= 0.6 is 15.9 Å². The Kier molecular flexibility index (Phi) is 4.22. The van der Waals surface area contributed by atoms with Gasteiger partial charge in [-0.25, -0.2) is 0 Å². The summed E-state index contributed by atoms with van der Waals surface area (Å²) in [5.41, 5.74) is 3.74. The summed E-state index contributed by atoms with van der Waals surface area (Å²) >= 11 is 3.80. The van der Waals surface area contributed by atoms with E-state index in [4.69, 9.17) is 9.31 Å². The molecule has 0 unspecified atom stereocenters. The lowest BCUT2D eigenvalue weighted by Crippen LogP contribution is -2.41. The van der Waals surface area contributed by atoms with Gasteiger partial charge >= 0.3 is 7.12 Å². The molecule has 1 saturated heterocycles. The Bertz CT molecular complexity index is 1210. The minimum atomic E-state index is -0.411. The molecule has 5 heteroatoms. The zero-order chi connectivity index (χ0) is 20.4. The summed E-state index contributed by atoms with van der Waals surface area (Å²) in [4.78, 5) is 0. The van der Waals surface area contributed by atoms with Crippen molar-refractivity contribution < 1.29 is 9.31 Å². The molecule has 0 amide bonds. The van der Waals surface area contributed by atoms with Crippen LogP contribution in [0.5, 0.6) is 0 Å². The van der Waals surface area contributed by atoms with Crippen LogP contribution in [0.4, 0.5) is 0 Å². The van der Waals surface area contributed by atoms with E-state index >= 15 is 0 Å². The Labute approximate surface area is 179 Å². The molecule has 0 radical (unpaired) electrons. The highest BCUT2D eigenvalue weighted by Crippen LogP contribution is 2.40.